The number of nitrogens with one attached hydrogen (secondary N) is 2. The van der Waals surface area contributed by atoms with Gasteiger partial charge < -0.3 is 14.9 Å². The number of imidazole rings is 1. The number of carbonyl (C=O) groups excluding carboxylic acids is 1. The van der Waals surface area contributed by atoms with Gasteiger partial charge in [0.25, 0.3) is 0 Å². The van der Waals surface area contributed by atoms with E-state index in [4.69, 9.17) is 12.2 Å². The first-order valence-corrected chi connectivity index (χ1v) is 6.96. The minimum absolute atomic E-state index is 0.0471. The number of hydrogen-bond donors (Lipinski definition) is 2. The van der Waals surface area contributed by atoms with Gasteiger partial charge in [-0.3, -0.25) is 4.79 Å². The van der Waals surface area contributed by atoms with Crippen LogP contribution in [0, 0.1) is 4.77 Å². The van der Waals surface area contributed by atoms with Crippen LogP contribution in [-0.4, -0.2) is 22.0 Å². The van der Waals surface area contributed by atoms with E-state index < -0.39 is 0 Å². The Morgan fingerprint density at radius 3 is 3.06 bits per heavy atom. The average molecular weight is 328 g/mol. The molecular weight excluding hydrogens is 314 g/mol. The van der Waals surface area contributed by atoms with Gasteiger partial charge in [-0.25, -0.2) is 0 Å². The van der Waals surface area contributed by atoms with E-state index in [2.05, 4.69) is 26.2 Å². The summed E-state index contributed by atoms with van der Waals surface area (Å²) in [6, 6.07) is 5.94. The Hall–Kier alpha value is -1.14. The van der Waals surface area contributed by atoms with E-state index in [1.54, 1.807) is 0 Å². The second kappa shape index (κ2) is 5.67. The molecule has 1 amide bonds. The molecule has 1 aromatic carbocycles. The number of amides is 1. The number of fused-ring (bicyclic) bond motifs is 1. The van der Waals surface area contributed by atoms with Gasteiger partial charge in [0.2, 0.25) is 5.91 Å². The van der Waals surface area contributed by atoms with Crippen molar-refractivity contribution in [3.05, 3.63) is 27.4 Å². The molecule has 0 atom stereocenters. The lowest BCUT2D eigenvalue weighted by molar-refractivity contribution is -0.121. The molecule has 0 saturated carbocycles. The third-order valence-electron chi connectivity index (χ3n) is 2.67. The molecule has 96 valence electrons. The van der Waals surface area contributed by atoms with E-state index in [9.17, 15) is 4.79 Å². The van der Waals surface area contributed by atoms with Crippen LogP contribution in [0.2, 0.25) is 0 Å². The molecule has 0 aliphatic carbocycles. The number of nitrogens with zero attached hydrogens (tertiary/aromatic N) is 1. The average Bonchev–Trinajstić information content (AvgIpc) is 2.61. The summed E-state index contributed by atoms with van der Waals surface area (Å²) in [6.45, 7) is 3.16. The molecule has 6 heteroatoms. The molecule has 2 aromatic rings. The van der Waals surface area contributed by atoms with Gasteiger partial charge in [-0.05, 0) is 37.3 Å². The molecule has 0 radical (unpaired) electrons. The van der Waals surface area contributed by atoms with Crippen molar-refractivity contribution < 1.29 is 4.79 Å². The molecule has 0 bridgehead atoms. The minimum Gasteiger partial charge on any atom is -0.356 e. The fraction of sp³-hybridized carbons (Fsp3) is 0.333. The highest BCUT2D eigenvalue weighted by molar-refractivity contribution is 9.10. The summed E-state index contributed by atoms with van der Waals surface area (Å²) >= 11 is 8.69. The second-order valence-corrected chi connectivity index (χ2v) is 5.25. The van der Waals surface area contributed by atoms with Gasteiger partial charge in [-0.2, -0.15) is 0 Å². The van der Waals surface area contributed by atoms with Crippen molar-refractivity contribution in [1.82, 2.24) is 14.9 Å². The molecule has 0 aliphatic heterocycles. The fourth-order valence-electron chi connectivity index (χ4n) is 1.86. The first-order chi connectivity index (χ1) is 8.61. The lowest BCUT2D eigenvalue weighted by Gasteiger charge is -2.05. The van der Waals surface area contributed by atoms with Crippen LogP contribution in [0.4, 0.5) is 0 Å². The molecule has 0 fully saturated rings. The highest BCUT2D eigenvalue weighted by Crippen LogP contribution is 2.19. The summed E-state index contributed by atoms with van der Waals surface area (Å²) in [7, 11) is 0. The topological polar surface area (TPSA) is 49.8 Å². The van der Waals surface area contributed by atoms with Crippen LogP contribution in [0.25, 0.3) is 11.0 Å². The van der Waals surface area contributed by atoms with Crippen molar-refractivity contribution in [1.29, 1.82) is 0 Å². The van der Waals surface area contributed by atoms with Crippen molar-refractivity contribution in [3.8, 4) is 0 Å². The summed E-state index contributed by atoms with van der Waals surface area (Å²) in [5, 5.41) is 2.78. The maximum atomic E-state index is 11.5. The third kappa shape index (κ3) is 2.81. The monoisotopic (exact) mass is 327 g/mol. The van der Waals surface area contributed by atoms with Gasteiger partial charge in [0.15, 0.2) is 4.77 Å². The number of hydrogen-bond acceptors (Lipinski definition) is 2. The molecule has 2 rings (SSSR count). The quantitative estimate of drug-likeness (QED) is 0.848. The summed E-state index contributed by atoms with van der Waals surface area (Å²) < 4.78 is 3.60. The van der Waals surface area contributed by atoms with Crippen molar-refractivity contribution in [2.75, 3.05) is 6.54 Å². The molecule has 18 heavy (non-hydrogen) atoms. The largest absolute Gasteiger partial charge is 0.356 e. The Bertz CT molecular complexity index is 632. The van der Waals surface area contributed by atoms with Gasteiger partial charge in [-0.1, -0.05) is 15.9 Å². The number of aromatic amines is 1. The normalized spacial score (nSPS) is 10.8. The highest BCUT2D eigenvalue weighted by Gasteiger charge is 2.06. The molecule has 1 heterocycles. The number of carbonyl (C=O) groups is 1. The predicted octanol–water partition coefficient (Wildman–Crippen LogP) is 2.99. The molecule has 0 aliphatic rings. The fourth-order valence-corrected chi connectivity index (χ4v) is 2.52. The SMILES string of the molecule is CCNC(=O)CCn1c(=S)[nH]c2cc(Br)ccc21. The molecule has 1 aromatic heterocycles. The first-order valence-electron chi connectivity index (χ1n) is 5.76. The van der Waals surface area contributed by atoms with Crippen LogP contribution in [0.3, 0.4) is 0 Å². The van der Waals surface area contributed by atoms with E-state index in [0.29, 0.717) is 24.3 Å². The Morgan fingerprint density at radius 1 is 1.56 bits per heavy atom. The zero-order valence-electron chi connectivity index (χ0n) is 10.00. The van der Waals surface area contributed by atoms with Crippen molar-refractivity contribution >= 4 is 45.1 Å². The maximum absolute atomic E-state index is 11.5. The molecular formula is C12H14BrN3OS. The van der Waals surface area contributed by atoms with Crippen molar-refractivity contribution in [2.45, 2.75) is 19.9 Å². The molecule has 0 saturated heterocycles. The van der Waals surface area contributed by atoms with Gasteiger partial charge in [0, 0.05) is 24.0 Å². The van der Waals surface area contributed by atoms with Gasteiger partial charge in [0.05, 0.1) is 11.0 Å². The smallest absolute Gasteiger partial charge is 0.221 e. The number of benzene rings is 1. The van der Waals surface area contributed by atoms with E-state index in [0.717, 1.165) is 15.5 Å². The Morgan fingerprint density at radius 2 is 2.33 bits per heavy atom. The Kier molecular flexibility index (Phi) is 4.19. The lowest BCUT2D eigenvalue weighted by Crippen LogP contribution is -2.23. The van der Waals surface area contributed by atoms with Gasteiger partial charge >= 0.3 is 0 Å². The Labute approximate surface area is 119 Å². The van der Waals surface area contributed by atoms with E-state index in [-0.39, 0.29) is 5.91 Å². The number of aromatic nitrogens is 2. The van der Waals surface area contributed by atoms with Gasteiger partial charge in [0.1, 0.15) is 0 Å². The van der Waals surface area contributed by atoms with E-state index in [1.165, 1.54) is 0 Å². The standard InChI is InChI=1S/C12H14BrN3OS/c1-2-14-11(17)5-6-16-10-4-3-8(13)7-9(10)15-12(16)18/h3-4,7H,2,5-6H2,1H3,(H,14,17)(H,15,18). The Balaban J connectivity index is 2.25. The van der Waals surface area contributed by atoms with Crippen LogP contribution in [0.1, 0.15) is 13.3 Å². The van der Waals surface area contributed by atoms with Crippen LogP contribution in [-0.2, 0) is 11.3 Å². The predicted molar refractivity (Wildman–Crippen MR) is 78.1 cm³/mol. The van der Waals surface area contributed by atoms with Crippen LogP contribution in [0.5, 0.6) is 0 Å². The number of halogens is 1. The van der Waals surface area contributed by atoms with Crippen LogP contribution in [0.15, 0.2) is 22.7 Å². The summed E-state index contributed by atoms with van der Waals surface area (Å²) in [5.74, 6) is 0.0471. The highest BCUT2D eigenvalue weighted by atomic mass is 79.9. The van der Waals surface area contributed by atoms with E-state index >= 15 is 0 Å². The summed E-state index contributed by atoms with van der Waals surface area (Å²) in [6.07, 6.45) is 0.436. The zero-order valence-corrected chi connectivity index (χ0v) is 12.4. The molecule has 2 N–H and O–H groups in total. The summed E-state index contributed by atoms with van der Waals surface area (Å²) in [5.41, 5.74) is 2.00. The van der Waals surface area contributed by atoms with Crippen LogP contribution < -0.4 is 5.32 Å². The first kappa shape index (κ1) is 13.3. The van der Waals surface area contributed by atoms with Crippen LogP contribution >= 0.6 is 28.1 Å². The number of H-pyrrole nitrogens is 1. The summed E-state index contributed by atoms with van der Waals surface area (Å²) in [4.78, 5) is 14.6. The van der Waals surface area contributed by atoms with Crippen molar-refractivity contribution in [2.24, 2.45) is 0 Å². The third-order valence-corrected chi connectivity index (χ3v) is 3.49. The molecule has 0 spiro atoms. The maximum Gasteiger partial charge on any atom is 0.221 e. The lowest BCUT2D eigenvalue weighted by atomic mass is 10.3. The van der Waals surface area contributed by atoms with Gasteiger partial charge in [-0.15, -0.1) is 0 Å². The number of rotatable bonds is 4. The second-order valence-electron chi connectivity index (χ2n) is 3.95. The minimum atomic E-state index is 0.0471. The zero-order chi connectivity index (χ0) is 13.1. The number of aryl methyl sites for hydroxylation is 1. The molecule has 0 unspecified atom stereocenters. The van der Waals surface area contributed by atoms with E-state index in [1.807, 2.05) is 29.7 Å². The molecule has 4 nitrogen and oxygen atoms in total. The van der Waals surface area contributed by atoms with Crippen molar-refractivity contribution in [3.63, 3.8) is 0 Å².